The lowest BCUT2D eigenvalue weighted by Gasteiger charge is -2.22. The maximum atomic E-state index is 12.4. The molecule has 0 spiro atoms. The van der Waals surface area contributed by atoms with Crippen LogP contribution < -0.4 is 0 Å². The Balaban J connectivity index is 2.23. The molecule has 0 saturated heterocycles. The quantitative estimate of drug-likeness (QED) is 0.843. The summed E-state index contributed by atoms with van der Waals surface area (Å²) in [7, 11) is 1.72. The molecule has 0 aliphatic carbocycles. The number of hydrogen-bond donors (Lipinski definition) is 0. The predicted octanol–water partition coefficient (Wildman–Crippen LogP) is 1.91. The number of amides is 1. The molecule has 6 heteroatoms. The van der Waals surface area contributed by atoms with Gasteiger partial charge in [-0.1, -0.05) is 5.16 Å². The normalized spacial score (nSPS) is 12.2. The molecule has 2 aromatic rings. The fourth-order valence-electron chi connectivity index (χ4n) is 1.82. The second kappa shape index (κ2) is 5.17. The molecule has 0 bridgehead atoms. The van der Waals surface area contributed by atoms with Gasteiger partial charge >= 0.3 is 0 Å². The number of aromatic nitrogens is 3. The van der Waals surface area contributed by atoms with Crippen molar-refractivity contribution in [2.24, 2.45) is 0 Å². The molecule has 0 fully saturated rings. The van der Waals surface area contributed by atoms with E-state index in [1.807, 2.05) is 13.8 Å². The van der Waals surface area contributed by atoms with Crippen LogP contribution in [0.3, 0.4) is 0 Å². The maximum Gasteiger partial charge on any atom is 0.272 e. The van der Waals surface area contributed by atoms with Gasteiger partial charge in [0.15, 0.2) is 0 Å². The van der Waals surface area contributed by atoms with Crippen LogP contribution in [0.1, 0.15) is 40.7 Å². The van der Waals surface area contributed by atoms with Gasteiger partial charge in [0.25, 0.3) is 5.91 Å². The molecule has 1 amide bonds. The highest BCUT2D eigenvalue weighted by molar-refractivity contribution is 5.92. The summed E-state index contributed by atoms with van der Waals surface area (Å²) in [6.45, 7) is 5.49. The van der Waals surface area contributed by atoms with E-state index in [1.54, 1.807) is 31.0 Å². The van der Waals surface area contributed by atoms with Gasteiger partial charge < -0.3 is 9.42 Å². The first-order valence-corrected chi connectivity index (χ1v) is 5.98. The van der Waals surface area contributed by atoms with Crippen LogP contribution in [-0.4, -0.2) is 33.0 Å². The van der Waals surface area contributed by atoms with Crippen molar-refractivity contribution in [3.05, 3.63) is 41.3 Å². The number of rotatable bonds is 3. The molecule has 2 rings (SSSR count). The second-order valence-electron chi connectivity index (χ2n) is 4.46. The molecule has 1 atom stereocenters. The van der Waals surface area contributed by atoms with Crippen LogP contribution in [0.15, 0.2) is 22.9 Å². The molecule has 2 heterocycles. The number of carbonyl (C=O) groups excluding carboxylic acids is 1. The first-order chi connectivity index (χ1) is 8.99. The largest absolute Gasteiger partial charge is 0.364 e. The second-order valence-corrected chi connectivity index (χ2v) is 4.46. The summed E-state index contributed by atoms with van der Waals surface area (Å²) in [4.78, 5) is 22.3. The molecule has 0 radical (unpaired) electrons. The fourth-order valence-corrected chi connectivity index (χ4v) is 1.82. The van der Waals surface area contributed by atoms with E-state index >= 15 is 0 Å². The third kappa shape index (κ3) is 2.78. The maximum absolute atomic E-state index is 12.4. The average Bonchev–Trinajstić information content (AvgIpc) is 2.88. The van der Waals surface area contributed by atoms with Gasteiger partial charge in [0.2, 0.25) is 0 Å². The lowest BCUT2D eigenvalue weighted by Crippen LogP contribution is -2.30. The van der Waals surface area contributed by atoms with Crippen molar-refractivity contribution in [3.8, 4) is 0 Å². The van der Waals surface area contributed by atoms with Gasteiger partial charge in [0, 0.05) is 18.8 Å². The SMILES string of the molecule is Cc1cc(C(=O)N(C)C(C)c2ccon2)nc(C)n1. The van der Waals surface area contributed by atoms with Gasteiger partial charge in [-0.3, -0.25) is 4.79 Å². The van der Waals surface area contributed by atoms with Crippen LogP contribution in [0.4, 0.5) is 0 Å². The highest BCUT2D eigenvalue weighted by Crippen LogP contribution is 2.18. The Hall–Kier alpha value is -2.24. The van der Waals surface area contributed by atoms with Crippen LogP contribution >= 0.6 is 0 Å². The van der Waals surface area contributed by atoms with Crippen molar-refractivity contribution in [2.75, 3.05) is 7.05 Å². The number of hydrogen-bond acceptors (Lipinski definition) is 5. The summed E-state index contributed by atoms with van der Waals surface area (Å²) in [5.74, 6) is 0.426. The molecule has 100 valence electrons. The summed E-state index contributed by atoms with van der Waals surface area (Å²) in [5, 5.41) is 3.85. The van der Waals surface area contributed by atoms with E-state index in [9.17, 15) is 4.79 Å². The number of aryl methyl sites for hydroxylation is 2. The van der Waals surface area contributed by atoms with Crippen molar-refractivity contribution in [1.82, 2.24) is 20.0 Å². The highest BCUT2D eigenvalue weighted by Gasteiger charge is 2.22. The van der Waals surface area contributed by atoms with E-state index in [4.69, 9.17) is 4.52 Å². The minimum atomic E-state index is -0.179. The highest BCUT2D eigenvalue weighted by atomic mass is 16.5. The first kappa shape index (κ1) is 13.2. The van der Waals surface area contributed by atoms with E-state index in [0.29, 0.717) is 17.2 Å². The predicted molar refractivity (Wildman–Crippen MR) is 68.5 cm³/mol. The molecule has 0 N–H and O–H groups in total. The lowest BCUT2D eigenvalue weighted by atomic mass is 10.2. The number of nitrogens with zero attached hydrogens (tertiary/aromatic N) is 4. The average molecular weight is 260 g/mol. The van der Waals surface area contributed by atoms with Crippen LogP contribution in [0, 0.1) is 13.8 Å². The van der Waals surface area contributed by atoms with E-state index in [0.717, 1.165) is 5.69 Å². The van der Waals surface area contributed by atoms with Gasteiger partial charge in [0.1, 0.15) is 23.5 Å². The third-order valence-electron chi connectivity index (χ3n) is 2.97. The fraction of sp³-hybridized carbons (Fsp3) is 0.385. The topological polar surface area (TPSA) is 72.1 Å². The van der Waals surface area contributed by atoms with E-state index < -0.39 is 0 Å². The standard InChI is InChI=1S/C13H16N4O2/c1-8-7-12(15-10(3)14-8)13(18)17(4)9(2)11-5-6-19-16-11/h5-7,9H,1-4H3. The molecule has 0 aromatic carbocycles. The molecule has 0 saturated carbocycles. The Kier molecular flexibility index (Phi) is 3.59. The Morgan fingerprint density at radius 3 is 2.68 bits per heavy atom. The van der Waals surface area contributed by atoms with Gasteiger partial charge in [0.05, 0.1) is 6.04 Å². The van der Waals surface area contributed by atoms with Crippen LogP contribution in [0.5, 0.6) is 0 Å². The molecule has 1 unspecified atom stereocenters. The zero-order valence-corrected chi connectivity index (χ0v) is 11.4. The van der Waals surface area contributed by atoms with E-state index in [2.05, 4.69) is 15.1 Å². The Morgan fingerprint density at radius 1 is 1.37 bits per heavy atom. The summed E-state index contributed by atoms with van der Waals surface area (Å²) in [6.07, 6.45) is 1.49. The Bertz CT molecular complexity index is 560. The molecule has 2 aromatic heterocycles. The van der Waals surface area contributed by atoms with Gasteiger partial charge in [-0.05, 0) is 26.8 Å². The van der Waals surface area contributed by atoms with Crippen molar-refractivity contribution < 1.29 is 9.32 Å². The third-order valence-corrected chi connectivity index (χ3v) is 2.97. The lowest BCUT2D eigenvalue weighted by molar-refractivity contribution is 0.0731. The zero-order chi connectivity index (χ0) is 14.0. The summed E-state index contributed by atoms with van der Waals surface area (Å²) in [6, 6.07) is 3.24. The first-order valence-electron chi connectivity index (χ1n) is 5.98. The Labute approximate surface area is 111 Å². The molecule has 19 heavy (non-hydrogen) atoms. The molecular weight excluding hydrogens is 244 g/mol. The minimum absolute atomic E-state index is 0.163. The van der Waals surface area contributed by atoms with Crippen LogP contribution in [0.2, 0.25) is 0 Å². The summed E-state index contributed by atoms with van der Waals surface area (Å²) < 4.78 is 4.80. The smallest absolute Gasteiger partial charge is 0.272 e. The summed E-state index contributed by atoms with van der Waals surface area (Å²) in [5.41, 5.74) is 1.87. The van der Waals surface area contributed by atoms with Gasteiger partial charge in [-0.25, -0.2) is 9.97 Å². The van der Waals surface area contributed by atoms with Gasteiger partial charge in [-0.2, -0.15) is 0 Å². The van der Waals surface area contributed by atoms with Crippen LogP contribution in [0.25, 0.3) is 0 Å². The van der Waals surface area contributed by atoms with Gasteiger partial charge in [-0.15, -0.1) is 0 Å². The monoisotopic (exact) mass is 260 g/mol. The van der Waals surface area contributed by atoms with Crippen molar-refractivity contribution in [3.63, 3.8) is 0 Å². The van der Waals surface area contributed by atoms with E-state index in [1.165, 1.54) is 6.26 Å². The van der Waals surface area contributed by atoms with Crippen molar-refractivity contribution >= 4 is 5.91 Å². The molecule has 0 aliphatic heterocycles. The molecule has 0 aliphatic rings. The number of carbonyl (C=O) groups is 1. The van der Waals surface area contributed by atoms with Crippen LogP contribution in [-0.2, 0) is 0 Å². The summed E-state index contributed by atoms with van der Waals surface area (Å²) >= 11 is 0. The van der Waals surface area contributed by atoms with E-state index in [-0.39, 0.29) is 11.9 Å². The Morgan fingerprint density at radius 2 is 2.11 bits per heavy atom. The van der Waals surface area contributed by atoms with Crippen molar-refractivity contribution in [1.29, 1.82) is 0 Å². The molecular formula is C13H16N4O2. The zero-order valence-electron chi connectivity index (χ0n) is 11.4. The molecule has 6 nitrogen and oxygen atoms in total. The van der Waals surface area contributed by atoms with Crippen molar-refractivity contribution in [2.45, 2.75) is 26.8 Å². The minimum Gasteiger partial charge on any atom is -0.364 e.